The first-order valence-electron chi connectivity index (χ1n) is 9.60. The maximum Gasteiger partial charge on any atom is 0.258 e. The number of nitrogens with one attached hydrogen (secondary N) is 2. The number of benzene rings is 1. The quantitative estimate of drug-likeness (QED) is 0.606. The van der Waals surface area contributed by atoms with Gasteiger partial charge in [0.25, 0.3) is 5.91 Å². The number of hydrogen-bond donors (Lipinski definition) is 2. The van der Waals surface area contributed by atoms with E-state index in [-0.39, 0.29) is 12.5 Å². The van der Waals surface area contributed by atoms with Crippen molar-refractivity contribution < 1.29 is 19.0 Å². The number of carbonyl (C=O) groups is 1. The maximum absolute atomic E-state index is 12.0. The number of hydrogen-bond acceptors (Lipinski definition) is 8. The lowest BCUT2D eigenvalue weighted by atomic mass is 10.3. The SMILES string of the molecule is COc1cccc(OCC(=O)NCCNc2cc(N3CCOCC3)nc(C)n2)c1. The van der Waals surface area contributed by atoms with E-state index in [0.29, 0.717) is 43.6 Å². The largest absolute Gasteiger partial charge is 0.497 e. The second-order valence-corrected chi connectivity index (χ2v) is 6.50. The Morgan fingerprint density at radius 1 is 1.17 bits per heavy atom. The minimum Gasteiger partial charge on any atom is -0.497 e. The van der Waals surface area contributed by atoms with Crippen LogP contribution in [-0.2, 0) is 9.53 Å². The summed E-state index contributed by atoms with van der Waals surface area (Å²) >= 11 is 0. The number of morpholine rings is 1. The molecular weight excluding hydrogens is 374 g/mol. The zero-order valence-electron chi connectivity index (χ0n) is 16.8. The molecule has 0 radical (unpaired) electrons. The summed E-state index contributed by atoms with van der Waals surface area (Å²) in [5.74, 6) is 3.41. The van der Waals surface area contributed by atoms with Crippen LogP contribution in [0.3, 0.4) is 0 Å². The third kappa shape index (κ3) is 6.49. The van der Waals surface area contributed by atoms with Crippen molar-refractivity contribution in [1.82, 2.24) is 15.3 Å². The van der Waals surface area contributed by atoms with Gasteiger partial charge in [-0.05, 0) is 19.1 Å². The van der Waals surface area contributed by atoms with Crippen LogP contribution in [0.15, 0.2) is 30.3 Å². The number of ether oxygens (including phenoxy) is 3. The van der Waals surface area contributed by atoms with E-state index in [2.05, 4.69) is 25.5 Å². The lowest BCUT2D eigenvalue weighted by Crippen LogP contribution is -2.37. The molecule has 156 valence electrons. The topological polar surface area (TPSA) is 97.8 Å². The van der Waals surface area contributed by atoms with Crippen molar-refractivity contribution >= 4 is 17.5 Å². The van der Waals surface area contributed by atoms with Crippen LogP contribution < -0.4 is 25.0 Å². The lowest BCUT2D eigenvalue weighted by Gasteiger charge is -2.28. The predicted octanol–water partition coefficient (Wildman–Crippen LogP) is 1.24. The highest BCUT2D eigenvalue weighted by molar-refractivity contribution is 5.77. The van der Waals surface area contributed by atoms with Gasteiger partial charge in [0.15, 0.2) is 6.61 Å². The van der Waals surface area contributed by atoms with E-state index in [1.54, 1.807) is 19.2 Å². The fraction of sp³-hybridized carbons (Fsp3) is 0.450. The van der Waals surface area contributed by atoms with Gasteiger partial charge in [0, 0.05) is 38.3 Å². The molecule has 0 spiro atoms. The van der Waals surface area contributed by atoms with E-state index in [9.17, 15) is 4.79 Å². The average molecular weight is 401 g/mol. The summed E-state index contributed by atoms with van der Waals surface area (Å²) < 4.78 is 16.0. The number of methoxy groups -OCH3 is 1. The molecule has 1 amide bonds. The Morgan fingerprint density at radius 2 is 1.97 bits per heavy atom. The zero-order chi connectivity index (χ0) is 20.5. The number of carbonyl (C=O) groups excluding carboxylic acids is 1. The summed E-state index contributed by atoms with van der Waals surface area (Å²) in [5.41, 5.74) is 0. The average Bonchev–Trinajstić information content (AvgIpc) is 2.75. The second-order valence-electron chi connectivity index (χ2n) is 6.50. The number of rotatable bonds is 9. The van der Waals surface area contributed by atoms with Crippen molar-refractivity contribution in [3.8, 4) is 11.5 Å². The van der Waals surface area contributed by atoms with E-state index in [1.165, 1.54) is 0 Å². The highest BCUT2D eigenvalue weighted by Gasteiger charge is 2.14. The zero-order valence-corrected chi connectivity index (χ0v) is 16.8. The monoisotopic (exact) mass is 401 g/mol. The van der Waals surface area contributed by atoms with Gasteiger partial charge in [-0.15, -0.1) is 0 Å². The van der Waals surface area contributed by atoms with Gasteiger partial charge in [-0.1, -0.05) is 6.07 Å². The van der Waals surface area contributed by atoms with E-state index >= 15 is 0 Å². The molecule has 9 nitrogen and oxygen atoms in total. The van der Waals surface area contributed by atoms with Gasteiger partial charge in [-0.2, -0.15) is 0 Å². The standard InChI is InChI=1S/C20H27N5O4/c1-15-23-18(13-19(24-15)25-8-10-28-11-9-25)21-6-7-22-20(26)14-29-17-5-3-4-16(12-17)27-2/h3-5,12-13H,6-11,14H2,1-2H3,(H,22,26)(H,21,23,24). The normalized spacial score (nSPS) is 13.7. The molecule has 0 unspecified atom stereocenters. The molecule has 2 N–H and O–H groups in total. The van der Waals surface area contributed by atoms with Gasteiger partial charge in [0.05, 0.1) is 20.3 Å². The van der Waals surface area contributed by atoms with Crippen molar-refractivity contribution in [1.29, 1.82) is 0 Å². The fourth-order valence-electron chi connectivity index (χ4n) is 2.88. The molecular formula is C20H27N5O4. The predicted molar refractivity (Wildman–Crippen MR) is 110 cm³/mol. The summed E-state index contributed by atoms with van der Waals surface area (Å²) in [6.45, 7) is 5.86. The van der Waals surface area contributed by atoms with Crippen molar-refractivity contribution in [3.05, 3.63) is 36.2 Å². The van der Waals surface area contributed by atoms with E-state index in [4.69, 9.17) is 14.2 Å². The van der Waals surface area contributed by atoms with Crippen LogP contribution in [0.5, 0.6) is 11.5 Å². The Balaban J connectivity index is 1.40. The summed E-state index contributed by atoms with van der Waals surface area (Å²) in [4.78, 5) is 23.1. The van der Waals surface area contributed by atoms with Crippen LogP contribution in [0.4, 0.5) is 11.6 Å². The maximum atomic E-state index is 12.0. The van der Waals surface area contributed by atoms with Gasteiger partial charge in [0.2, 0.25) is 0 Å². The Labute approximate surface area is 170 Å². The van der Waals surface area contributed by atoms with Crippen molar-refractivity contribution in [2.24, 2.45) is 0 Å². The van der Waals surface area contributed by atoms with E-state index in [0.717, 1.165) is 24.7 Å². The number of amides is 1. The fourth-order valence-corrected chi connectivity index (χ4v) is 2.88. The minimum atomic E-state index is -0.192. The Morgan fingerprint density at radius 3 is 2.76 bits per heavy atom. The number of aryl methyl sites for hydroxylation is 1. The van der Waals surface area contributed by atoms with Gasteiger partial charge >= 0.3 is 0 Å². The summed E-state index contributed by atoms with van der Waals surface area (Å²) in [7, 11) is 1.59. The van der Waals surface area contributed by atoms with Crippen LogP contribution in [0.1, 0.15) is 5.82 Å². The third-order valence-corrected chi connectivity index (χ3v) is 4.32. The van der Waals surface area contributed by atoms with Gasteiger partial charge in [0.1, 0.15) is 29.0 Å². The molecule has 1 aliphatic rings. The summed E-state index contributed by atoms with van der Waals surface area (Å²) in [6.07, 6.45) is 0. The molecule has 0 bridgehead atoms. The molecule has 3 rings (SSSR count). The van der Waals surface area contributed by atoms with Crippen LogP contribution >= 0.6 is 0 Å². The Bertz CT molecular complexity index is 811. The molecule has 29 heavy (non-hydrogen) atoms. The van der Waals surface area contributed by atoms with Gasteiger partial charge in [-0.3, -0.25) is 4.79 Å². The highest BCUT2D eigenvalue weighted by atomic mass is 16.5. The smallest absolute Gasteiger partial charge is 0.258 e. The molecule has 1 aromatic heterocycles. The van der Waals surface area contributed by atoms with Crippen LogP contribution in [0, 0.1) is 6.92 Å². The Hall–Kier alpha value is -3.07. The molecule has 2 aromatic rings. The third-order valence-electron chi connectivity index (χ3n) is 4.32. The first-order chi connectivity index (χ1) is 14.1. The molecule has 0 atom stereocenters. The van der Waals surface area contributed by atoms with E-state index < -0.39 is 0 Å². The molecule has 1 saturated heterocycles. The summed E-state index contributed by atoms with van der Waals surface area (Å²) in [6, 6.07) is 9.06. The van der Waals surface area contributed by atoms with Crippen LogP contribution in [0.2, 0.25) is 0 Å². The molecule has 1 aliphatic heterocycles. The van der Waals surface area contributed by atoms with Crippen LogP contribution in [-0.4, -0.2) is 69.0 Å². The van der Waals surface area contributed by atoms with Crippen molar-refractivity contribution in [3.63, 3.8) is 0 Å². The van der Waals surface area contributed by atoms with Crippen molar-refractivity contribution in [2.75, 3.05) is 63.3 Å². The number of anilines is 2. The molecule has 1 fully saturated rings. The highest BCUT2D eigenvalue weighted by Crippen LogP contribution is 2.19. The summed E-state index contributed by atoms with van der Waals surface area (Å²) in [5, 5.41) is 6.04. The number of aromatic nitrogens is 2. The number of nitrogens with zero attached hydrogens (tertiary/aromatic N) is 3. The molecule has 2 heterocycles. The molecule has 1 aromatic carbocycles. The Kier molecular flexibility index (Phi) is 7.46. The first-order valence-corrected chi connectivity index (χ1v) is 9.60. The van der Waals surface area contributed by atoms with E-state index in [1.807, 2.05) is 25.1 Å². The molecule has 9 heteroatoms. The first kappa shape index (κ1) is 20.7. The van der Waals surface area contributed by atoms with Crippen LogP contribution in [0.25, 0.3) is 0 Å². The molecule has 0 aliphatic carbocycles. The lowest BCUT2D eigenvalue weighted by molar-refractivity contribution is -0.123. The van der Waals surface area contributed by atoms with Crippen molar-refractivity contribution in [2.45, 2.75) is 6.92 Å². The molecule has 0 saturated carbocycles. The minimum absolute atomic E-state index is 0.0546. The second kappa shape index (κ2) is 10.5. The van der Waals surface area contributed by atoms with Gasteiger partial charge in [-0.25, -0.2) is 9.97 Å². The van der Waals surface area contributed by atoms with Gasteiger partial charge < -0.3 is 29.7 Å².